The van der Waals surface area contributed by atoms with Crippen molar-refractivity contribution in [1.29, 1.82) is 0 Å². The Morgan fingerprint density at radius 2 is 1.77 bits per heavy atom. The second-order valence-corrected chi connectivity index (χ2v) is 1.88. The summed E-state index contributed by atoms with van der Waals surface area (Å²) in [6.07, 6.45) is -0.134. The molecule has 13 heavy (non-hydrogen) atoms. The quantitative estimate of drug-likeness (QED) is 0.680. The van der Waals surface area contributed by atoms with Gasteiger partial charge in [0.2, 0.25) is 6.41 Å². The summed E-state index contributed by atoms with van der Waals surface area (Å²) in [7, 11) is 1.35. The molecule has 0 aromatic carbocycles. The first kappa shape index (κ1) is 17.9. The van der Waals surface area contributed by atoms with Gasteiger partial charge in [-0.2, -0.15) is 0 Å². The van der Waals surface area contributed by atoms with Crippen LogP contribution in [0.25, 0.3) is 0 Å². The van der Waals surface area contributed by atoms with E-state index in [1.54, 1.807) is 4.90 Å². The van der Waals surface area contributed by atoms with Gasteiger partial charge in [0, 0.05) is 20.1 Å². The van der Waals surface area contributed by atoms with Crippen molar-refractivity contribution in [3.63, 3.8) is 0 Å². The topological polar surface area (TPSA) is 69.6 Å². The summed E-state index contributed by atoms with van der Waals surface area (Å²) in [4.78, 5) is 20.8. The number of nitrogens with zero attached hydrogens (tertiary/aromatic N) is 1. The Morgan fingerprint density at radius 3 is 1.77 bits per heavy atom. The molecule has 6 heteroatoms. The lowest BCUT2D eigenvalue weighted by atomic mass is 10.6. The fourth-order valence-electron chi connectivity index (χ4n) is 0.373. The van der Waals surface area contributed by atoms with Crippen LogP contribution >= 0.6 is 12.4 Å². The maximum atomic E-state index is 9.89. The van der Waals surface area contributed by atoms with Gasteiger partial charge >= 0.3 is 6.09 Å². The third-order valence-corrected chi connectivity index (χ3v) is 1.18. The van der Waals surface area contributed by atoms with Crippen molar-refractivity contribution in [2.45, 2.75) is 13.8 Å². The second-order valence-electron chi connectivity index (χ2n) is 1.88. The molecule has 0 atom stereocenters. The Bertz CT molecular complexity index is 129. The van der Waals surface area contributed by atoms with Crippen molar-refractivity contribution in [2.24, 2.45) is 0 Å². The van der Waals surface area contributed by atoms with E-state index in [4.69, 9.17) is 5.11 Å². The number of carbonyl (C=O) groups is 2. The summed E-state index contributed by atoms with van der Waals surface area (Å²) < 4.78 is 0. The van der Waals surface area contributed by atoms with Gasteiger partial charge in [-0.05, 0) is 13.8 Å². The largest absolute Gasteiger partial charge is 0.465 e. The molecular formula is C7H17ClN2O3. The minimum absolute atomic E-state index is 0. The van der Waals surface area contributed by atoms with Crippen LogP contribution in [0.3, 0.4) is 0 Å². The molecule has 0 bridgehead atoms. The van der Waals surface area contributed by atoms with Crippen molar-refractivity contribution in [3.05, 3.63) is 0 Å². The highest BCUT2D eigenvalue weighted by Gasteiger charge is 1.87. The van der Waals surface area contributed by atoms with Crippen LogP contribution in [0.5, 0.6) is 0 Å². The normalized spacial score (nSPS) is 7.00. The molecule has 2 N–H and O–H groups in total. The van der Waals surface area contributed by atoms with Crippen molar-refractivity contribution in [3.8, 4) is 0 Å². The highest BCUT2D eigenvalue weighted by atomic mass is 35.5. The van der Waals surface area contributed by atoms with Crippen molar-refractivity contribution < 1.29 is 14.7 Å². The monoisotopic (exact) mass is 212 g/mol. The molecule has 0 aliphatic heterocycles. The smallest absolute Gasteiger partial charge is 0.404 e. The molecule has 2 amide bonds. The first-order valence-electron chi connectivity index (χ1n) is 3.72. The average molecular weight is 213 g/mol. The summed E-state index contributed by atoms with van der Waals surface area (Å²) in [6, 6.07) is 0. The molecule has 0 saturated heterocycles. The Kier molecular flexibility index (Phi) is 18.8. The van der Waals surface area contributed by atoms with Crippen LogP contribution in [-0.4, -0.2) is 42.6 Å². The molecule has 0 spiro atoms. The van der Waals surface area contributed by atoms with Crippen LogP contribution in [0.1, 0.15) is 13.8 Å². The molecule has 80 valence electrons. The van der Waals surface area contributed by atoms with Crippen LogP contribution in [0.15, 0.2) is 0 Å². The van der Waals surface area contributed by atoms with Crippen molar-refractivity contribution in [1.82, 2.24) is 10.2 Å². The third kappa shape index (κ3) is 18.2. The molecule has 5 nitrogen and oxygen atoms in total. The number of carbonyl (C=O) groups excluding carboxylic acids is 1. The Morgan fingerprint density at radius 1 is 1.46 bits per heavy atom. The fourth-order valence-corrected chi connectivity index (χ4v) is 0.373. The highest BCUT2D eigenvalue weighted by molar-refractivity contribution is 5.85. The number of rotatable bonds is 3. The lowest BCUT2D eigenvalue weighted by Gasteiger charge is -2.08. The molecule has 0 saturated carbocycles. The molecular weight excluding hydrogens is 196 g/mol. The molecule has 0 unspecified atom stereocenters. The minimum atomic E-state index is -0.995. The van der Waals surface area contributed by atoms with E-state index in [-0.39, 0.29) is 12.4 Å². The first-order valence-corrected chi connectivity index (χ1v) is 3.72. The SMILES string of the molecule is CCN(C=O)CC.CNC(=O)O.Cl. The maximum Gasteiger partial charge on any atom is 0.404 e. The zero-order valence-electron chi connectivity index (χ0n) is 8.11. The molecule has 0 aliphatic rings. The van der Waals surface area contributed by atoms with Crippen LogP contribution in [-0.2, 0) is 4.79 Å². The van der Waals surface area contributed by atoms with E-state index < -0.39 is 6.09 Å². The summed E-state index contributed by atoms with van der Waals surface area (Å²) in [5.74, 6) is 0. The van der Waals surface area contributed by atoms with Gasteiger partial charge in [0.1, 0.15) is 0 Å². The average Bonchev–Trinajstić information content (AvgIpc) is 2.09. The van der Waals surface area contributed by atoms with Gasteiger partial charge in [0.25, 0.3) is 0 Å². The zero-order chi connectivity index (χ0) is 9.98. The van der Waals surface area contributed by atoms with Gasteiger partial charge in [-0.25, -0.2) is 4.79 Å². The molecule has 0 aliphatic carbocycles. The van der Waals surface area contributed by atoms with Crippen LogP contribution in [0.2, 0.25) is 0 Å². The highest BCUT2D eigenvalue weighted by Crippen LogP contribution is 1.75. The lowest BCUT2D eigenvalue weighted by Crippen LogP contribution is -2.19. The fraction of sp³-hybridized carbons (Fsp3) is 0.714. The van der Waals surface area contributed by atoms with Gasteiger partial charge < -0.3 is 15.3 Å². The van der Waals surface area contributed by atoms with Crippen LogP contribution in [0, 0.1) is 0 Å². The number of amides is 2. The Balaban J connectivity index is -0.000000150. The van der Waals surface area contributed by atoms with Crippen LogP contribution < -0.4 is 5.32 Å². The number of halogens is 1. The summed E-state index contributed by atoms with van der Waals surface area (Å²) >= 11 is 0. The van der Waals surface area contributed by atoms with E-state index >= 15 is 0 Å². The number of carboxylic acid groups (broad SMARTS) is 1. The third-order valence-electron chi connectivity index (χ3n) is 1.18. The van der Waals surface area contributed by atoms with E-state index in [1.807, 2.05) is 19.2 Å². The van der Waals surface area contributed by atoms with E-state index in [9.17, 15) is 9.59 Å². The van der Waals surface area contributed by atoms with Gasteiger partial charge in [-0.3, -0.25) is 4.79 Å². The molecule has 0 radical (unpaired) electrons. The molecule has 0 aromatic rings. The maximum absolute atomic E-state index is 9.89. The van der Waals surface area contributed by atoms with Crippen molar-refractivity contribution in [2.75, 3.05) is 20.1 Å². The van der Waals surface area contributed by atoms with E-state index in [0.29, 0.717) is 0 Å². The number of hydrogen-bond acceptors (Lipinski definition) is 2. The molecule has 0 fully saturated rings. The second kappa shape index (κ2) is 13.6. The van der Waals surface area contributed by atoms with Crippen molar-refractivity contribution >= 4 is 24.9 Å². The van der Waals surface area contributed by atoms with Gasteiger partial charge in [0.15, 0.2) is 0 Å². The van der Waals surface area contributed by atoms with Gasteiger partial charge in [0.05, 0.1) is 0 Å². The number of nitrogens with one attached hydrogen (secondary N) is 1. The number of hydrogen-bond donors (Lipinski definition) is 2. The van der Waals surface area contributed by atoms with Gasteiger partial charge in [-0.1, -0.05) is 0 Å². The first-order chi connectivity index (χ1) is 5.62. The summed E-state index contributed by atoms with van der Waals surface area (Å²) in [6.45, 7) is 5.55. The van der Waals surface area contributed by atoms with Gasteiger partial charge in [-0.15, -0.1) is 12.4 Å². The molecule has 0 rings (SSSR count). The summed E-state index contributed by atoms with van der Waals surface area (Å²) in [5, 5.41) is 9.56. The van der Waals surface area contributed by atoms with E-state index in [0.717, 1.165) is 19.5 Å². The van der Waals surface area contributed by atoms with E-state index in [2.05, 4.69) is 0 Å². The summed E-state index contributed by atoms with van der Waals surface area (Å²) in [5.41, 5.74) is 0. The minimum Gasteiger partial charge on any atom is -0.465 e. The Labute approximate surface area is 84.5 Å². The van der Waals surface area contributed by atoms with Crippen LogP contribution in [0.4, 0.5) is 4.79 Å². The lowest BCUT2D eigenvalue weighted by molar-refractivity contribution is -0.117. The van der Waals surface area contributed by atoms with E-state index in [1.165, 1.54) is 7.05 Å². The standard InChI is InChI=1S/C5H11NO.C2H5NO2.ClH/c1-3-6(4-2)5-7;1-3-2(4)5;/h5H,3-4H2,1-2H3;3H,1H3,(H,4,5);1H. The zero-order valence-corrected chi connectivity index (χ0v) is 8.93. The molecule has 0 aromatic heterocycles. The predicted octanol–water partition coefficient (Wildman–Crippen LogP) is 0.790. The Hall–Kier alpha value is -0.970. The molecule has 0 heterocycles. The predicted molar refractivity (Wildman–Crippen MR) is 53.3 cm³/mol.